The first kappa shape index (κ1) is 15.2. The van der Waals surface area contributed by atoms with Gasteiger partial charge in [-0.2, -0.15) is 5.21 Å². The lowest BCUT2D eigenvalue weighted by atomic mass is 10.2. The number of benzene rings is 1. The molecule has 0 bridgehead atoms. The smallest absolute Gasteiger partial charge is 0.271 e. The van der Waals surface area contributed by atoms with Crippen LogP contribution in [0, 0.1) is 0 Å². The number of nitrogens with zero attached hydrogens (tertiary/aromatic N) is 3. The second kappa shape index (κ2) is 5.84. The van der Waals surface area contributed by atoms with Crippen LogP contribution in [0.3, 0.4) is 0 Å². The lowest BCUT2D eigenvalue weighted by Gasteiger charge is -2.06. The SMILES string of the molecule is O=S(=O)(Nc1ccc(-c2nn[nH]n2)cc1)c1cc(Cl)c(Cl)s1. The van der Waals surface area contributed by atoms with Gasteiger partial charge in [0.15, 0.2) is 0 Å². The van der Waals surface area contributed by atoms with E-state index in [-0.39, 0.29) is 13.6 Å². The van der Waals surface area contributed by atoms with Crippen molar-refractivity contribution in [3.05, 3.63) is 39.7 Å². The van der Waals surface area contributed by atoms with E-state index in [1.165, 1.54) is 6.07 Å². The summed E-state index contributed by atoms with van der Waals surface area (Å²) in [5.74, 6) is 0.422. The van der Waals surface area contributed by atoms with E-state index in [0.29, 0.717) is 17.1 Å². The third-order valence-electron chi connectivity index (χ3n) is 2.63. The summed E-state index contributed by atoms with van der Waals surface area (Å²) in [5, 5.41) is 13.7. The Labute approximate surface area is 139 Å². The molecule has 11 heteroatoms. The number of hydrogen-bond acceptors (Lipinski definition) is 6. The highest BCUT2D eigenvalue weighted by Crippen LogP contribution is 2.35. The molecule has 2 aromatic heterocycles. The number of sulfonamides is 1. The van der Waals surface area contributed by atoms with Crippen LogP contribution >= 0.6 is 34.5 Å². The van der Waals surface area contributed by atoms with Crippen molar-refractivity contribution in [1.82, 2.24) is 20.6 Å². The number of thiophene rings is 1. The van der Waals surface area contributed by atoms with Gasteiger partial charge in [-0.3, -0.25) is 4.72 Å². The first-order valence-electron chi connectivity index (χ1n) is 5.77. The van der Waals surface area contributed by atoms with Crippen LogP contribution < -0.4 is 4.72 Å². The fourth-order valence-electron chi connectivity index (χ4n) is 1.64. The molecule has 0 radical (unpaired) electrons. The topological polar surface area (TPSA) is 101 Å². The molecule has 2 heterocycles. The molecular weight excluding hydrogens is 369 g/mol. The van der Waals surface area contributed by atoms with E-state index in [1.807, 2.05) is 0 Å². The molecule has 0 aliphatic rings. The van der Waals surface area contributed by atoms with Crippen molar-refractivity contribution in [1.29, 1.82) is 0 Å². The normalized spacial score (nSPS) is 11.5. The molecule has 0 saturated carbocycles. The molecule has 0 fully saturated rings. The first-order chi connectivity index (χ1) is 10.5. The second-order valence-corrected chi connectivity index (χ2v) is 8.08. The van der Waals surface area contributed by atoms with Crippen LogP contribution in [0.2, 0.25) is 9.36 Å². The Bertz CT molecular complexity index is 872. The summed E-state index contributed by atoms with van der Waals surface area (Å²) in [6, 6.07) is 7.86. The van der Waals surface area contributed by atoms with Gasteiger partial charge in [0.05, 0.1) is 5.02 Å². The largest absolute Gasteiger partial charge is 0.279 e. The number of aromatic amines is 1. The molecule has 3 aromatic rings. The molecule has 7 nitrogen and oxygen atoms in total. The van der Waals surface area contributed by atoms with Gasteiger partial charge in [-0.1, -0.05) is 23.2 Å². The number of rotatable bonds is 4. The number of halogens is 2. The van der Waals surface area contributed by atoms with Crippen molar-refractivity contribution in [2.75, 3.05) is 4.72 Å². The monoisotopic (exact) mass is 375 g/mol. The molecule has 3 rings (SSSR count). The Kier molecular flexibility index (Phi) is 4.04. The zero-order valence-electron chi connectivity index (χ0n) is 10.6. The zero-order valence-corrected chi connectivity index (χ0v) is 13.8. The average molecular weight is 376 g/mol. The van der Waals surface area contributed by atoms with Crippen LogP contribution in [0.4, 0.5) is 5.69 Å². The minimum Gasteiger partial charge on any atom is -0.279 e. The zero-order chi connectivity index (χ0) is 15.7. The van der Waals surface area contributed by atoms with E-state index in [0.717, 1.165) is 11.3 Å². The van der Waals surface area contributed by atoms with Gasteiger partial charge in [0.25, 0.3) is 10.0 Å². The van der Waals surface area contributed by atoms with Gasteiger partial charge in [-0.15, -0.1) is 21.5 Å². The summed E-state index contributed by atoms with van der Waals surface area (Å²) >= 11 is 12.5. The van der Waals surface area contributed by atoms with Gasteiger partial charge in [-0.25, -0.2) is 8.42 Å². The summed E-state index contributed by atoms with van der Waals surface area (Å²) in [6.07, 6.45) is 0. The second-order valence-electron chi connectivity index (χ2n) is 4.11. The third-order valence-corrected chi connectivity index (χ3v) is 6.35. The Morgan fingerprint density at radius 1 is 1.18 bits per heavy atom. The van der Waals surface area contributed by atoms with Crippen molar-refractivity contribution in [2.24, 2.45) is 0 Å². The molecule has 0 spiro atoms. The quantitative estimate of drug-likeness (QED) is 0.729. The molecular formula is C11H7Cl2N5O2S2. The van der Waals surface area contributed by atoms with E-state index >= 15 is 0 Å². The number of anilines is 1. The molecule has 1 aromatic carbocycles. The lowest BCUT2D eigenvalue weighted by Crippen LogP contribution is -2.11. The standard InChI is InChI=1S/C11H7Cl2N5O2S2/c12-8-5-9(21-10(8)13)22(19,20)16-7-3-1-6(2-4-7)11-14-17-18-15-11/h1-5,16H,(H,14,15,17,18). The van der Waals surface area contributed by atoms with Crippen molar-refractivity contribution in [3.63, 3.8) is 0 Å². The van der Waals surface area contributed by atoms with Gasteiger partial charge in [-0.05, 0) is 35.5 Å². The summed E-state index contributed by atoms with van der Waals surface area (Å²) in [4.78, 5) is 0. The van der Waals surface area contributed by atoms with Gasteiger partial charge >= 0.3 is 0 Å². The van der Waals surface area contributed by atoms with Crippen LogP contribution in [0.5, 0.6) is 0 Å². The molecule has 2 N–H and O–H groups in total. The van der Waals surface area contributed by atoms with Crippen LogP contribution in [0.25, 0.3) is 11.4 Å². The van der Waals surface area contributed by atoms with E-state index in [1.54, 1.807) is 24.3 Å². The van der Waals surface area contributed by atoms with Crippen molar-refractivity contribution in [2.45, 2.75) is 4.21 Å². The predicted octanol–water partition coefficient (Wildman–Crippen LogP) is 3.04. The highest BCUT2D eigenvalue weighted by atomic mass is 35.5. The molecule has 0 saturated heterocycles. The highest BCUT2D eigenvalue weighted by molar-refractivity contribution is 7.94. The maximum absolute atomic E-state index is 12.2. The molecule has 0 atom stereocenters. The summed E-state index contributed by atoms with van der Waals surface area (Å²) in [7, 11) is -3.73. The van der Waals surface area contributed by atoms with Crippen LogP contribution in [-0.2, 0) is 10.0 Å². The summed E-state index contributed by atoms with van der Waals surface area (Å²) < 4.78 is 27.2. The maximum atomic E-state index is 12.2. The van der Waals surface area contributed by atoms with E-state index in [4.69, 9.17) is 23.2 Å². The van der Waals surface area contributed by atoms with Gasteiger partial charge in [0.1, 0.15) is 8.55 Å². The third kappa shape index (κ3) is 3.07. The maximum Gasteiger partial charge on any atom is 0.271 e. The average Bonchev–Trinajstić information content (AvgIpc) is 3.11. The lowest BCUT2D eigenvalue weighted by molar-refractivity contribution is 0.603. The summed E-state index contributed by atoms with van der Waals surface area (Å²) in [5.41, 5.74) is 1.10. The van der Waals surface area contributed by atoms with E-state index in [9.17, 15) is 8.42 Å². The van der Waals surface area contributed by atoms with Crippen molar-refractivity contribution >= 4 is 50.2 Å². The van der Waals surface area contributed by atoms with Crippen molar-refractivity contribution < 1.29 is 8.42 Å². The van der Waals surface area contributed by atoms with Gasteiger partial charge in [0, 0.05) is 11.3 Å². The Hall–Kier alpha value is -1.68. The highest BCUT2D eigenvalue weighted by Gasteiger charge is 2.19. The molecule has 22 heavy (non-hydrogen) atoms. The van der Waals surface area contributed by atoms with Crippen LogP contribution in [-0.4, -0.2) is 29.0 Å². The number of tetrazole rings is 1. The molecule has 114 valence electrons. The fourth-order valence-corrected chi connectivity index (χ4v) is 4.58. The minimum atomic E-state index is -3.73. The minimum absolute atomic E-state index is 0.0461. The molecule has 0 amide bonds. The number of hydrogen-bond donors (Lipinski definition) is 2. The number of nitrogens with one attached hydrogen (secondary N) is 2. The van der Waals surface area contributed by atoms with Crippen molar-refractivity contribution in [3.8, 4) is 11.4 Å². The van der Waals surface area contributed by atoms with Crippen LogP contribution in [0.15, 0.2) is 34.5 Å². The Balaban J connectivity index is 1.83. The molecule has 0 aliphatic heterocycles. The van der Waals surface area contributed by atoms with Gasteiger partial charge in [0.2, 0.25) is 5.82 Å². The fraction of sp³-hybridized carbons (Fsp3) is 0. The number of aromatic nitrogens is 4. The summed E-state index contributed by atoms with van der Waals surface area (Å²) in [6.45, 7) is 0. The Morgan fingerprint density at radius 3 is 2.45 bits per heavy atom. The van der Waals surface area contributed by atoms with E-state index < -0.39 is 10.0 Å². The van der Waals surface area contributed by atoms with Gasteiger partial charge < -0.3 is 0 Å². The predicted molar refractivity (Wildman–Crippen MR) is 84.8 cm³/mol. The van der Waals surface area contributed by atoms with E-state index in [2.05, 4.69) is 25.3 Å². The number of H-pyrrole nitrogens is 1. The first-order valence-corrected chi connectivity index (χ1v) is 8.83. The molecule has 0 aliphatic carbocycles. The molecule has 0 unspecified atom stereocenters. The van der Waals surface area contributed by atoms with Crippen LogP contribution in [0.1, 0.15) is 0 Å². The Morgan fingerprint density at radius 2 is 1.91 bits per heavy atom.